The lowest BCUT2D eigenvalue weighted by Gasteiger charge is -2.21. The Hall–Kier alpha value is -3.35. The molecular formula is C21H20N4O3. The normalized spacial score (nSPS) is 15.6. The molecule has 0 bridgehead atoms. The van der Waals surface area contributed by atoms with Crippen molar-refractivity contribution in [2.45, 2.75) is 12.8 Å². The Bertz CT molecular complexity index is 1050. The summed E-state index contributed by atoms with van der Waals surface area (Å²) in [6.07, 6.45) is 2.23. The van der Waals surface area contributed by atoms with Crippen molar-refractivity contribution in [1.29, 1.82) is 0 Å². The number of amides is 1. The van der Waals surface area contributed by atoms with Crippen LogP contribution in [0.5, 0.6) is 11.5 Å². The molecule has 0 unspecified atom stereocenters. The van der Waals surface area contributed by atoms with Gasteiger partial charge in [-0.3, -0.25) is 4.79 Å². The maximum absolute atomic E-state index is 12.9. The summed E-state index contributed by atoms with van der Waals surface area (Å²) in [7, 11) is 0. The summed E-state index contributed by atoms with van der Waals surface area (Å²) in [5.74, 6) is 2.21. The molecule has 0 spiro atoms. The van der Waals surface area contributed by atoms with Crippen molar-refractivity contribution < 1.29 is 14.3 Å². The Morgan fingerprint density at radius 3 is 2.43 bits per heavy atom. The number of anilines is 2. The molecule has 0 aliphatic carbocycles. The van der Waals surface area contributed by atoms with Gasteiger partial charge in [0, 0.05) is 18.7 Å². The van der Waals surface area contributed by atoms with Crippen LogP contribution in [0.25, 0.3) is 11.0 Å². The number of hydrogen-bond acceptors (Lipinski definition) is 6. The number of ether oxygens (including phenoxy) is 2. The smallest absolute Gasteiger partial charge is 0.257 e. The van der Waals surface area contributed by atoms with Crippen LogP contribution in [0.15, 0.2) is 42.5 Å². The lowest BCUT2D eigenvalue weighted by molar-refractivity contribution is 0.102. The molecule has 1 fully saturated rings. The van der Waals surface area contributed by atoms with Gasteiger partial charge < -0.3 is 19.7 Å². The molecule has 1 saturated heterocycles. The predicted octanol–water partition coefficient (Wildman–Crippen LogP) is 3.25. The number of benzene rings is 2. The molecule has 1 amide bonds. The maximum atomic E-state index is 12.9. The van der Waals surface area contributed by atoms with E-state index < -0.39 is 0 Å². The number of aromatic nitrogens is 2. The number of fused-ring (bicyclic) bond motifs is 2. The van der Waals surface area contributed by atoms with Gasteiger partial charge in [0.05, 0.1) is 11.0 Å². The molecule has 2 aromatic carbocycles. The molecule has 3 heterocycles. The van der Waals surface area contributed by atoms with E-state index in [1.165, 1.54) is 0 Å². The molecule has 7 heteroatoms. The van der Waals surface area contributed by atoms with Gasteiger partial charge in [0.1, 0.15) is 13.2 Å². The molecule has 28 heavy (non-hydrogen) atoms. The van der Waals surface area contributed by atoms with Gasteiger partial charge in [-0.2, -0.15) is 0 Å². The summed E-state index contributed by atoms with van der Waals surface area (Å²) in [5.41, 5.74) is 2.07. The number of para-hydroxylation sites is 2. The predicted molar refractivity (Wildman–Crippen MR) is 106 cm³/mol. The highest BCUT2D eigenvalue weighted by atomic mass is 16.6. The zero-order valence-corrected chi connectivity index (χ0v) is 15.4. The molecule has 0 saturated carbocycles. The van der Waals surface area contributed by atoms with Crippen molar-refractivity contribution in [3.63, 3.8) is 0 Å². The van der Waals surface area contributed by atoms with Crippen LogP contribution < -0.4 is 19.7 Å². The van der Waals surface area contributed by atoms with Gasteiger partial charge in [-0.15, -0.1) is 0 Å². The van der Waals surface area contributed by atoms with Crippen LogP contribution in [-0.4, -0.2) is 42.2 Å². The summed E-state index contributed by atoms with van der Waals surface area (Å²) in [4.78, 5) is 24.5. The van der Waals surface area contributed by atoms with Crippen LogP contribution in [-0.2, 0) is 0 Å². The van der Waals surface area contributed by atoms with Gasteiger partial charge in [-0.1, -0.05) is 12.1 Å². The summed E-state index contributed by atoms with van der Waals surface area (Å²) >= 11 is 0. The third-order valence-electron chi connectivity index (χ3n) is 4.99. The molecule has 1 N–H and O–H groups in total. The van der Waals surface area contributed by atoms with Crippen molar-refractivity contribution in [1.82, 2.24) is 9.97 Å². The maximum Gasteiger partial charge on any atom is 0.257 e. The van der Waals surface area contributed by atoms with Crippen molar-refractivity contribution in [2.24, 2.45) is 0 Å². The Morgan fingerprint density at radius 1 is 0.929 bits per heavy atom. The zero-order chi connectivity index (χ0) is 18.9. The fraction of sp³-hybridized carbons (Fsp3) is 0.286. The Labute approximate surface area is 162 Å². The van der Waals surface area contributed by atoms with Gasteiger partial charge in [0.2, 0.25) is 0 Å². The third kappa shape index (κ3) is 3.09. The molecule has 1 aromatic heterocycles. The van der Waals surface area contributed by atoms with E-state index in [1.807, 2.05) is 24.3 Å². The summed E-state index contributed by atoms with van der Waals surface area (Å²) in [6, 6.07) is 12.9. The van der Waals surface area contributed by atoms with Crippen LogP contribution >= 0.6 is 0 Å². The zero-order valence-electron chi connectivity index (χ0n) is 15.4. The minimum absolute atomic E-state index is 0.248. The second-order valence-electron chi connectivity index (χ2n) is 6.89. The first-order chi connectivity index (χ1) is 13.8. The van der Waals surface area contributed by atoms with E-state index in [0.29, 0.717) is 36.1 Å². The first kappa shape index (κ1) is 16.8. The van der Waals surface area contributed by atoms with Gasteiger partial charge in [0.15, 0.2) is 23.1 Å². The lowest BCUT2D eigenvalue weighted by atomic mass is 10.2. The Kier molecular flexibility index (Phi) is 4.20. The molecule has 142 valence electrons. The minimum Gasteiger partial charge on any atom is -0.486 e. The molecule has 0 radical (unpaired) electrons. The molecule has 2 aliphatic heterocycles. The highest BCUT2D eigenvalue weighted by Crippen LogP contribution is 2.32. The fourth-order valence-corrected chi connectivity index (χ4v) is 3.59. The van der Waals surface area contributed by atoms with Crippen LogP contribution in [0.3, 0.4) is 0 Å². The molecular weight excluding hydrogens is 356 g/mol. The highest BCUT2D eigenvalue weighted by molar-refractivity contribution is 6.06. The minimum atomic E-state index is -0.248. The van der Waals surface area contributed by atoms with E-state index in [2.05, 4.69) is 15.2 Å². The van der Waals surface area contributed by atoms with Gasteiger partial charge >= 0.3 is 0 Å². The topological polar surface area (TPSA) is 76.6 Å². The number of carbonyl (C=O) groups excluding carboxylic acids is 1. The third-order valence-corrected chi connectivity index (χ3v) is 4.99. The van der Waals surface area contributed by atoms with Crippen LogP contribution in [0.1, 0.15) is 23.2 Å². The SMILES string of the molecule is O=C(Nc1nc2ccccc2nc1N1CCCC1)c1ccc2c(c1)OCCO2. The molecule has 5 rings (SSSR count). The van der Waals surface area contributed by atoms with E-state index >= 15 is 0 Å². The first-order valence-corrected chi connectivity index (χ1v) is 9.51. The summed E-state index contributed by atoms with van der Waals surface area (Å²) in [5, 5.41) is 2.95. The van der Waals surface area contributed by atoms with E-state index in [1.54, 1.807) is 18.2 Å². The Balaban J connectivity index is 1.49. The van der Waals surface area contributed by atoms with Crippen molar-refractivity contribution in [2.75, 3.05) is 36.5 Å². The molecule has 7 nitrogen and oxygen atoms in total. The van der Waals surface area contributed by atoms with Gasteiger partial charge in [0.25, 0.3) is 5.91 Å². The van der Waals surface area contributed by atoms with Gasteiger partial charge in [-0.05, 0) is 43.2 Å². The Morgan fingerprint density at radius 2 is 1.64 bits per heavy atom. The molecule has 0 atom stereocenters. The monoisotopic (exact) mass is 376 g/mol. The van der Waals surface area contributed by atoms with Gasteiger partial charge in [-0.25, -0.2) is 9.97 Å². The highest BCUT2D eigenvalue weighted by Gasteiger charge is 2.22. The number of nitrogens with zero attached hydrogens (tertiary/aromatic N) is 3. The van der Waals surface area contributed by atoms with Crippen molar-refractivity contribution in [3.8, 4) is 11.5 Å². The van der Waals surface area contributed by atoms with Crippen molar-refractivity contribution in [3.05, 3.63) is 48.0 Å². The average Bonchev–Trinajstić information content (AvgIpc) is 3.27. The number of rotatable bonds is 3. The summed E-state index contributed by atoms with van der Waals surface area (Å²) < 4.78 is 11.1. The molecule has 2 aliphatic rings. The van der Waals surface area contributed by atoms with Crippen LogP contribution in [0, 0.1) is 0 Å². The van der Waals surface area contributed by atoms with Crippen LogP contribution in [0.2, 0.25) is 0 Å². The second kappa shape index (κ2) is 6.99. The van der Waals surface area contributed by atoms with E-state index in [9.17, 15) is 4.79 Å². The van der Waals surface area contributed by atoms with Crippen molar-refractivity contribution >= 4 is 28.6 Å². The fourth-order valence-electron chi connectivity index (χ4n) is 3.59. The second-order valence-corrected chi connectivity index (χ2v) is 6.89. The molecule has 3 aromatic rings. The number of hydrogen-bond donors (Lipinski definition) is 1. The number of carbonyl (C=O) groups is 1. The lowest BCUT2D eigenvalue weighted by Crippen LogP contribution is -2.23. The van der Waals surface area contributed by atoms with E-state index in [4.69, 9.17) is 14.5 Å². The average molecular weight is 376 g/mol. The standard InChI is InChI=1S/C21H20N4O3/c26-21(14-7-8-17-18(13-14)28-12-11-27-17)24-19-20(25-9-3-4-10-25)23-16-6-2-1-5-15(16)22-19/h1-2,5-8,13H,3-4,9-12H2,(H,22,24,26). The quantitative estimate of drug-likeness (QED) is 0.756. The summed E-state index contributed by atoms with van der Waals surface area (Å²) in [6.45, 7) is 2.83. The van der Waals surface area contributed by atoms with E-state index in [-0.39, 0.29) is 5.91 Å². The largest absolute Gasteiger partial charge is 0.486 e. The first-order valence-electron chi connectivity index (χ1n) is 9.51. The van der Waals surface area contributed by atoms with Crippen LogP contribution in [0.4, 0.5) is 11.6 Å². The van der Waals surface area contributed by atoms with E-state index in [0.717, 1.165) is 42.8 Å². The number of nitrogens with one attached hydrogen (secondary N) is 1.